The van der Waals surface area contributed by atoms with Crippen LogP contribution in [0.1, 0.15) is 0 Å². The van der Waals surface area contributed by atoms with Gasteiger partial charge < -0.3 is 0 Å². The maximum atomic E-state index is 4.90. The van der Waals surface area contributed by atoms with E-state index < -0.39 is 0 Å². The van der Waals surface area contributed by atoms with Crippen molar-refractivity contribution in [2.45, 2.75) is 0 Å². The minimum absolute atomic E-state index is 1.58. The van der Waals surface area contributed by atoms with E-state index in [0.717, 1.165) is 0 Å². The quantitative estimate of drug-likeness (QED) is 0.174. The summed E-state index contributed by atoms with van der Waals surface area (Å²) in [5.74, 6) is 0. The molecule has 0 aromatic carbocycles. The molecule has 3 nitrogen and oxygen atoms in total. The molecule has 0 saturated carbocycles. The van der Waals surface area contributed by atoms with Crippen LogP contribution in [0.2, 0.25) is 0 Å². The summed E-state index contributed by atoms with van der Waals surface area (Å²) in [6, 6.07) is 2.24. The van der Waals surface area contributed by atoms with Gasteiger partial charge in [0, 0.05) is 20.1 Å². The van der Waals surface area contributed by atoms with Gasteiger partial charge in [0.25, 0.3) is 0 Å². The molecule has 0 aliphatic carbocycles. The molecule has 0 aromatic heterocycles. The van der Waals surface area contributed by atoms with E-state index in [2.05, 4.69) is 16.5 Å². The zero-order valence-electron chi connectivity index (χ0n) is 5.05. The van der Waals surface area contributed by atoms with E-state index >= 15 is 0 Å². The highest BCUT2D eigenvalue weighted by Crippen LogP contribution is 1.62. The molecule has 0 unspecified atom stereocenters. The fourth-order valence-electron chi connectivity index (χ4n) is 0.304. The number of hydrazine groups is 1. The summed E-state index contributed by atoms with van der Waals surface area (Å²) in [5, 5.41) is 1.58. The molecule has 1 N–H and O–H groups in total. The van der Waals surface area contributed by atoms with Gasteiger partial charge in [-0.15, -0.1) is 0 Å². The molecule has 0 aliphatic rings. The second-order valence-corrected chi connectivity index (χ2v) is 1.24. The average Bonchev–Trinajstić information content (AvgIpc) is 1.68. The lowest BCUT2D eigenvalue weighted by molar-refractivity contribution is 0.460. The van der Waals surface area contributed by atoms with Gasteiger partial charge in [-0.3, -0.25) is 15.4 Å². The molecule has 0 spiro atoms. The van der Waals surface area contributed by atoms with E-state index in [4.69, 9.17) is 6.42 Å². The van der Waals surface area contributed by atoms with E-state index in [1.807, 2.05) is 0 Å². The van der Waals surface area contributed by atoms with Crippen molar-refractivity contribution in [2.24, 2.45) is 4.99 Å². The summed E-state index contributed by atoms with van der Waals surface area (Å²) in [4.78, 5) is 3.70. The van der Waals surface area contributed by atoms with Crippen LogP contribution in [0.25, 0.3) is 0 Å². The number of nitrogens with one attached hydrogen (secondary N) is 1. The molecular formula is C5H9N3. The van der Waals surface area contributed by atoms with E-state index in [1.165, 1.54) is 0 Å². The second-order valence-electron chi connectivity index (χ2n) is 1.24. The van der Waals surface area contributed by atoms with Crippen LogP contribution < -0.4 is 5.43 Å². The van der Waals surface area contributed by atoms with Gasteiger partial charge in [0.1, 0.15) is 6.34 Å². The Hall–Kier alpha value is -1.17. The Morgan fingerprint density at radius 3 is 2.88 bits per heavy atom. The first-order valence-corrected chi connectivity index (χ1v) is 2.17. The predicted molar refractivity (Wildman–Crippen MR) is 34.1 cm³/mol. The Bertz CT molecular complexity index is 111. The Labute approximate surface area is 49.4 Å². The summed E-state index contributed by atoms with van der Waals surface area (Å²) >= 11 is 0. The second kappa shape index (κ2) is 4.00. The van der Waals surface area contributed by atoms with Crippen molar-refractivity contribution in [3.05, 3.63) is 0 Å². The molecule has 0 aromatic rings. The highest BCUT2D eigenvalue weighted by Gasteiger charge is 1.78. The zero-order chi connectivity index (χ0) is 6.41. The third-order valence-corrected chi connectivity index (χ3v) is 0.530. The maximum Gasteiger partial charge on any atom is 0.104 e. The van der Waals surface area contributed by atoms with Crippen molar-refractivity contribution >= 4 is 6.34 Å². The molecule has 0 rings (SSSR count). The van der Waals surface area contributed by atoms with Crippen LogP contribution in [0.3, 0.4) is 0 Å². The van der Waals surface area contributed by atoms with Crippen molar-refractivity contribution in [3.63, 3.8) is 0 Å². The first kappa shape index (κ1) is 6.83. The minimum Gasteiger partial charge on any atom is -0.277 e. The molecule has 44 valence electrons. The summed E-state index contributed by atoms with van der Waals surface area (Å²) in [6.45, 7) is 0. The van der Waals surface area contributed by atoms with Crippen molar-refractivity contribution in [1.82, 2.24) is 10.4 Å². The lowest BCUT2D eigenvalue weighted by Crippen LogP contribution is -2.28. The summed E-state index contributed by atoms with van der Waals surface area (Å²) in [5.41, 5.74) is 2.56. The van der Waals surface area contributed by atoms with E-state index in [9.17, 15) is 0 Å². The Balaban J connectivity index is 3.36. The Kier molecular flexibility index (Phi) is 3.42. The van der Waals surface area contributed by atoms with Crippen LogP contribution in [0, 0.1) is 12.5 Å². The highest BCUT2D eigenvalue weighted by molar-refractivity contribution is 5.53. The standard InChI is InChI=1S/C5H9N3/c1-4-7-8(3)5-6-2/h1,5,7H,2-3H3. The van der Waals surface area contributed by atoms with E-state index in [0.29, 0.717) is 0 Å². The van der Waals surface area contributed by atoms with Gasteiger partial charge in [0.05, 0.1) is 0 Å². The average molecular weight is 111 g/mol. The van der Waals surface area contributed by atoms with Crippen LogP contribution in [-0.4, -0.2) is 25.4 Å². The third kappa shape index (κ3) is 3.04. The fourth-order valence-corrected chi connectivity index (χ4v) is 0.304. The van der Waals surface area contributed by atoms with Crippen LogP contribution in [0.5, 0.6) is 0 Å². The van der Waals surface area contributed by atoms with Crippen molar-refractivity contribution in [2.75, 3.05) is 14.1 Å². The largest absolute Gasteiger partial charge is 0.277 e. The molecule has 0 fully saturated rings. The van der Waals surface area contributed by atoms with Crippen molar-refractivity contribution < 1.29 is 0 Å². The van der Waals surface area contributed by atoms with E-state index in [1.54, 1.807) is 25.4 Å². The summed E-state index contributed by atoms with van der Waals surface area (Å²) in [6.07, 6.45) is 6.48. The fraction of sp³-hybridized carbons (Fsp3) is 0.400. The molecule has 8 heavy (non-hydrogen) atoms. The molecule has 3 heteroatoms. The minimum atomic E-state index is 1.58. The molecular weight excluding hydrogens is 102 g/mol. The van der Waals surface area contributed by atoms with Crippen molar-refractivity contribution in [3.8, 4) is 12.5 Å². The van der Waals surface area contributed by atoms with Gasteiger partial charge in [-0.1, -0.05) is 6.42 Å². The van der Waals surface area contributed by atoms with Crippen LogP contribution in [0.4, 0.5) is 0 Å². The summed E-state index contributed by atoms with van der Waals surface area (Å²) < 4.78 is 0. The monoisotopic (exact) mass is 111 g/mol. The van der Waals surface area contributed by atoms with Gasteiger partial charge in [0.15, 0.2) is 0 Å². The van der Waals surface area contributed by atoms with Gasteiger partial charge in [-0.25, -0.2) is 0 Å². The van der Waals surface area contributed by atoms with Gasteiger partial charge >= 0.3 is 0 Å². The number of nitrogens with zero attached hydrogens (tertiary/aromatic N) is 2. The number of terminal acetylenes is 1. The Morgan fingerprint density at radius 1 is 1.88 bits per heavy atom. The van der Waals surface area contributed by atoms with Gasteiger partial charge in [-0.05, 0) is 0 Å². The lowest BCUT2D eigenvalue weighted by Gasteiger charge is -2.07. The first-order chi connectivity index (χ1) is 3.81. The first-order valence-electron chi connectivity index (χ1n) is 2.17. The zero-order valence-corrected chi connectivity index (χ0v) is 5.05. The number of hydrogen-bond donors (Lipinski definition) is 1. The predicted octanol–water partition coefficient (Wildman–Crippen LogP) is -0.328. The van der Waals surface area contributed by atoms with Gasteiger partial charge in [0.2, 0.25) is 0 Å². The molecule has 0 radical (unpaired) electrons. The normalized spacial score (nSPS) is 8.62. The molecule has 0 heterocycles. The Morgan fingerprint density at radius 2 is 2.50 bits per heavy atom. The molecule has 0 aliphatic heterocycles. The van der Waals surface area contributed by atoms with Crippen LogP contribution >= 0.6 is 0 Å². The molecule has 0 amide bonds. The smallest absolute Gasteiger partial charge is 0.104 e. The topological polar surface area (TPSA) is 27.6 Å². The van der Waals surface area contributed by atoms with Crippen LogP contribution in [-0.2, 0) is 0 Å². The molecule has 0 bridgehead atoms. The van der Waals surface area contributed by atoms with Gasteiger partial charge in [-0.2, -0.15) is 0 Å². The number of rotatable bonds is 2. The number of aliphatic imine (C=N–C) groups is 1. The lowest BCUT2D eigenvalue weighted by atomic mass is 11.0. The maximum absolute atomic E-state index is 4.90. The highest BCUT2D eigenvalue weighted by atomic mass is 15.5. The summed E-state index contributed by atoms with van der Waals surface area (Å²) in [7, 11) is 3.45. The molecule has 0 atom stereocenters. The SMILES string of the molecule is C#CNN(C)C=NC. The van der Waals surface area contributed by atoms with Crippen molar-refractivity contribution in [1.29, 1.82) is 0 Å². The number of hydrogen-bond acceptors (Lipinski definition) is 2. The third-order valence-electron chi connectivity index (χ3n) is 0.530. The molecule has 0 saturated heterocycles. The van der Waals surface area contributed by atoms with E-state index in [-0.39, 0.29) is 0 Å². The van der Waals surface area contributed by atoms with Crippen LogP contribution in [0.15, 0.2) is 4.99 Å².